The second-order valence-corrected chi connectivity index (χ2v) is 5.08. The molecule has 0 spiro atoms. The zero-order chi connectivity index (χ0) is 17.3. The van der Waals surface area contributed by atoms with E-state index in [-0.39, 0.29) is 25.5 Å². The molecule has 1 aliphatic rings. The average molecular weight is 339 g/mol. The molecule has 0 unspecified atom stereocenters. The number of hydrogen-bond donors (Lipinski definition) is 1. The number of rotatable bonds is 2. The lowest BCUT2D eigenvalue weighted by atomic mass is 10.2. The number of amides is 2. The van der Waals surface area contributed by atoms with Crippen molar-refractivity contribution in [3.63, 3.8) is 0 Å². The van der Waals surface area contributed by atoms with Crippen molar-refractivity contribution >= 4 is 11.8 Å². The molecule has 3 heterocycles. The summed E-state index contributed by atoms with van der Waals surface area (Å²) < 4.78 is 41.1. The third kappa shape index (κ3) is 2.94. The van der Waals surface area contributed by atoms with Crippen molar-refractivity contribution in [2.24, 2.45) is 0 Å². The highest BCUT2D eigenvalue weighted by atomic mass is 19.4. The SMILES string of the molecule is O=C1CN(C(=O)c2cnn(-c3ccccn3)c2C(F)(F)F)CCN1. The largest absolute Gasteiger partial charge is 0.434 e. The molecule has 0 aromatic carbocycles. The smallest absolute Gasteiger partial charge is 0.353 e. The fraction of sp³-hybridized carbons (Fsp3) is 0.286. The van der Waals surface area contributed by atoms with E-state index in [1.54, 1.807) is 6.07 Å². The molecule has 1 fully saturated rings. The first-order valence-corrected chi connectivity index (χ1v) is 7.00. The van der Waals surface area contributed by atoms with Crippen LogP contribution < -0.4 is 5.32 Å². The van der Waals surface area contributed by atoms with Crippen LogP contribution >= 0.6 is 0 Å². The van der Waals surface area contributed by atoms with Gasteiger partial charge in [-0.2, -0.15) is 18.3 Å². The molecule has 1 saturated heterocycles. The molecule has 10 heteroatoms. The summed E-state index contributed by atoms with van der Waals surface area (Å²) in [6.07, 6.45) is -2.63. The molecule has 1 aliphatic heterocycles. The van der Waals surface area contributed by atoms with Crippen molar-refractivity contribution in [2.75, 3.05) is 19.6 Å². The molecule has 0 radical (unpaired) electrons. The van der Waals surface area contributed by atoms with Gasteiger partial charge in [-0.15, -0.1) is 0 Å². The third-order valence-electron chi connectivity index (χ3n) is 3.46. The summed E-state index contributed by atoms with van der Waals surface area (Å²) in [7, 11) is 0. The molecule has 0 bridgehead atoms. The van der Waals surface area contributed by atoms with E-state index in [1.807, 2.05) is 0 Å². The Bertz CT molecular complexity index is 772. The Morgan fingerprint density at radius 2 is 2.08 bits per heavy atom. The molecule has 0 atom stereocenters. The Morgan fingerprint density at radius 1 is 1.29 bits per heavy atom. The van der Waals surface area contributed by atoms with Crippen molar-refractivity contribution in [1.29, 1.82) is 0 Å². The summed E-state index contributed by atoms with van der Waals surface area (Å²) in [4.78, 5) is 28.7. The molecule has 7 nitrogen and oxygen atoms in total. The van der Waals surface area contributed by atoms with Crippen molar-refractivity contribution in [3.05, 3.63) is 41.9 Å². The molecular formula is C14H12F3N5O2. The fourth-order valence-corrected chi connectivity index (χ4v) is 2.41. The number of piperazine rings is 1. The minimum atomic E-state index is -4.81. The van der Waals surface area contributed by atoms with Gasteiger partial charge in [0.2, 0.25) is 5.91 Å². The molecule has 1 N–H and O–H groups in total. The normalized spacial score (nSPS) is 15.3. The summed E-state index contributed by atoms with van der Waals surface area (Å²) in [5.41, 5.74) is -1.82. The molecule has 24 heavy (non-hydrogen) atoms. The van der Waals surface area contributed by atoms with Gasteiger partial charge in [0.15, 0.2) is 11.5 Å². The first-order chi connectivity index (χ1) is 11.4. The predicted octanol–water partition coefficient (Wildman–Crippen LogP) is 0.858. The van der Waals surface area contributed by atoms with Gasteiger partial charge in [0.1, 0.15) is 0 Å². The number of halogens is 3. The van der Waals surface area contributed by atoms with Crippen LogP contribution in [0.25, 0.3) is 5.82 Å². The van der Waals surface area contributed by atoms with Gasteiger partial charge in [-0.3, -0.25) is 9.59 Å². The topological polar surface area (TPSA) is 80.1 Å². The number of aromatic nitrogens is 3. The van der Waals surface area contributed by atoms with Gasteiger partial charge in [0.25, 0.3) is 5.91 Å². The number of hydrogen-bond acceptors (Lipinski definition) is 4. The van der Waals surface area contributed by atoms with Crippen LogP contribution in [0.4, 0.5) is 13.2 Å². The second-order valence-electron chi connectivity index (χ2n) is 5.08. The quantitative estimate of drug-likeness (QED) is 0.880. The van der Waals surface area contributed by atoms with Gasteiger partial charge >= 0.3 is 6.18 Å². The Labute approximate surface area is 134 Å². The minimum absolute atomic E-state index is 0.0553. The monoisotopic (exact) mass is 339 g/mol. The lowest BCUT2D eigenvalue weighted by Gasteiger charge is -2.26. The number of carbonyl (C=O) groups is 2. The van der Waals surface area contributed by atoms with Crippen LogP contribution in [0.1, 0.15) is 16.1 Å². The zero-order valence-corrected chi connectivity index (χ0v) is 12.2. The van der Waals surface area contributed by atoms with Gasteiger partial charge < -0.3 is 10.2 Å². The Hall–Kier alpha value is -2.91. The minimum Gasteiger partial charge on any atom is -0.353 e. The summed E-state index contributed by atoms with van der Waals surface area (Å²) in [5, 5.41) is 6.18. The maximum atomic E-state index is 13.5. The van der Waals surface area contributed by atoms with Crippen molar-refractivity contribution < 1.29 is 22.8 Å². The summed E-state index contributed by atoms with van der Waals surface area (Å²) >= 11 is 0. The van der Waals surface area contributed by atoms with Crippen LogP contribution in [-0.2, 0) is 11.0 Å². The second kappa shape index (κ2) is 5.95. The summed E-state index contributed by atoms with van der Waals surface area (Å²) in [5.74, 6) is -1.36. The lowest BCUT2D eigenvalue weighted by Crippen LogP contribution is -2.50. The van der Waals surface area contributed by atoms with Crippen LogP contribution in [0.5, 0.6) is 0 Å². The lowest BCUT2D eigenvalue weighted by molar-refractivity contribution is -0.143. The molecule has 0 saturated carbocycles. The fourth-order valence-electron chi connectivity index (χ4n) is 2.41. The highest BCUT2D eigenvalue weighted by Gasteiger charge is 2.42. The van der Waals surface area contributed by atoms with E-state index >= 15 is 0 Å². The number of carbonyl (C=O) groups excluding carboxylic acids is 2. The van der Waals surface area contributed by atoms with E-state index in [0.29, 0.717) is 4.68 Å². The molecule has 2 aromatic rings. The zero-order valence-electron chi connectivity index (χ0n) is 12.2. The molecule has 2 amide bonds. The Morgan fingerprint density at radius 3 is 2.71 bits per heavy atom. The van der Waals surface area contributed by atoms with Crippen LogP contribution in [-0.4, -0.2) is 51.1 Å². The Balaban J connectivity index is 2.04. The molecule has 2 aromatic heterocycles. The van der Waals surface area contributed by atoms with Crippen molar-refractivity contribution in [2.45, 2.75) is 6.18 Å². The Kier molecular flexibility index (Phi) is 3.96. The maximum absolute atomic E-state index is 13.5. The highest BCUT2D eigenvalue weighted by Crippen LogP contribution is 2.33. The van der Waals surface area contributed by atoms with Gasteiger partial charge in [0, 0.05) is 19.3 Å². The maximum Gasteiger partial charge on any atom is 0.434 e. The summed E-state index contributed by atoms with van der Waals surface area (Å²) in [6, 6.07) is 4.42. The average Bonchev–Trinajstić information content (AvgIpc) is 3.00. The van der Waals surface area contributed by atoms with Crippen molar-refractivity contribution in [1.82, 2.24) is 25.0 Å². The predicted molar refractivity (Wildman–Crippen MR) is 75.3 cm³/mol. The number of nitrogens with one attached hydrogen (secondary N) is 1. The molecule has 0 aliphatic carbocycles. The van der Waals surface area contributed by atoms with Gasteiger partial charge in [-0.1, -0.05) is 6.07 Å². The number of nitrogens with zero attached hydrogens (tertiary/aromatic N) is 4. The van der Waals surface area contributed by atoms with Gasteiger partial charge in [0.05, 0.1) is 18.3 Å². The van der Waals surface area contributed by atoms with Crippen LogP contribution in [0, 0.1) is 0 Å². The van der Waals surface area contributed by atoms with E-state index in [1.165, 1.54) is 18.3 Å². The molecule has 126 valence electrons. The molecule has 3 rings (SSSR count). The summed E-state index contributed by atoms with van der Waals surface area (Å²) in [6.45, 7) is 0.0435. The van der Waals surface area contributed by atoms with E-state index in [4.69, 9.17) is 0 Å². The highest BCUT2D eigenvalue weighted by molar-refractivity contribution is 5.98. The van der Waals surface area contributed by atoms with Gasteiger partial charge in [-0.25, -0.2) is 9.67 Å². The van der Waals surface area contributed by atoms with Crippen LogP contribution in [0.15, 0.2) is 30.6 Å². The third-order valence-corrected chi connectivity index (χ3v) is 3.46. The van der Waals surface area contributed by atoms with Crippen LogP contribution in [0.2, 0.25) is 0 Å². The van der Waals surface area contributed by atoms with E-state index < -0.39 is 29.2 Å². The van der Waals surface area contributed by atoms with E-state index in [0.717, 1.165) is 11.1 Å². The first kappa shape index (κ1) is 16.0. The van der Waals surface area contributed by atoms with Gasteiger partial charge in [-0.05, 0) is 12.1 Å². The molecular weight excluding hydrogens is 327 g/mol. The van der Waals surface area contributed by atoms with Crippen molar-refractivity contribution in [3.8, 4) is 5.82 Å². The number of alkyl halides is 3. The van der Waals surface area contributed by atoms with Crippen LogP contribution in [0.3, 0.4) is 0 Å². The van der Waals surface area contributed by atoms with E-state index in [9.17, 15) is 22.8 Å². The standard InChI is InChI=1S/C14H12F3N5O2/c15-14(16,17)12-9(13(24)21-6-5-19-11(23)8-21)7-20-22(12)10-3-1-2-4-18-10/h1-4,7H,5-6,8H2,(H,19,23). The first-order valence-electron chi connectivity index (χ1n) is 7.00. The van der Waals surface area contributed by atoms with E-state index in [2.05, 4.69) is 15.4 Å². The number of pyridine rings is 1.